The minimum Gasteiger partial charge on any atom is -0.492 e. The topological polar surface area (TPSA) is 50.4 Å². The minimum atomic E-state index is -0.135. The van der Waals surface area contributed by atoms with E-state index >= 15 is 0 Å². The molecule has 1 heterocycles. The highest BCUT2D eigenvalue weighted by molar-refractivity contribution is 6.04. The Kier molecular flexibility index (Phi) is 3.52. The van der Waals surface area contributed by atoms with Crippen molar-refractivity contribution >= 4 is 17.3 Å². The van der Waals surface area contributed by atoms with Gasteiger partial charge >= 0.3 is 0 Å². The molecule has 0 radical (unpaired) electrons. The highest BCUT2D eigenvalue weighted by atomic mass is 16.5. The lowest BCUT2D eigenvalue weighted by atomic mass is 10.1. The molecule has 17 heavy (non-hydrogen) atoms. The summed E-state index contributed by atoms with van der Waals surface area (Å²) in [5.41, 5.74) is 1.70. The summed E-state index contributed by atoms with van der Waals surface area (Å²) in [5.74, 6) is 0.743. The third-order valence-electron chi connectivity index (χ3n) is 2.80. The molecule has 0 saturated heterocycles. The summed E-state index contributed by atoms with van der Waals surface area (Å²) in [6, 6.07) is 5.62. The van der Waals surface area contributed by atoms with Crippen LogP contribution in [-0.4, -0.2) is 18.6 Å². The van der Waals surface area contributed by atoms with Gasteiger partial charge in [0.1, 0.15) is 17.5 Å². The predicted molar refractivity (Wildman–Crippen MR) is 68.6 cm³/mol. The van der Waals surface area contributed by atoms with Crippen molar-refractivity contribution in [1.82, 2.24) is 0 Å². The summed E-state index contributed by atoms with van der Waals surface area (Å²) in [7, 11) is 0. The zero-order chi connectivity index (χ0) is 12.3. The van der Waals surface area contributed by atoms with Crippen molar-refractivity contribution < 1.29 is 9.53 Å². The number of ether oxygens (including phenoxy) is 1. The van der Waals surface area contributed by atoms with E-state index in [2.05, 4.69) is 17.6 Å². The van der Waals surface area contributed by atoms with Gasteiger partial charge in [-0.2, -0.15) is 0 Å². The van der Waals surface area contributed by atoms with Crippen LogP contribution in [0.3, 0.4) is 0 Å². The summed E-state index contributed by atoms with van der Waals surface area (Å²) in [4.78, 5) is 11.9. The van der Waals surface area contributed by atoms with E-state index in [0.29, 0.717) is 6.61 Å². The summed E-state index contributed by atoms with van der Waals surface area (Å²) in [6.45, 7) is 4.59. The maximum atomic E-state index is 11.9. The molecule has 2 rings (SSSR count). The Morgan fingerprint density at radius 2 is 2.18 bits per heavy atom. The van der Waals surface area contributed by atoms with Crippen molar-refractivity contribution in [1.29, 1.82) is 0 Å². The van der Waals surface area contributed by atoms with Crippen molar-refractivity contribution in [3.05, 3.63) is 18.2 Å². The molecular formula is C13H18N2O2. The predicted octanol–water partition coefficient (Wildman–Crippen LogP) is 2.62. The van der Waals surface area contributed by atoms with Crippen molar-refractivity contribution in [2.45, 2.75) is 32.7 Å². The maximum Gasteiger partial charge on any atom is 0.247 e. The Bertz CT molecular complexity index is 418. The van der Waals surface area contributed by atoms with Crippen molar-refractivity contribution in [3.63, 3.8) is 0 Å². The van der Waals surface area contributed by atoms with Crippen molar-refractivity contribution in [2.75, 3.05) is 17.2 Å². The van der Waals surface area contributed by atoms with Gasteiger partial charge in [-0.3, -0.25) is 4.79 Å². The van der Waals surface area contributed by atoms with E-state index < -0.39 is 0 Å². The number of anilines is 2. The molecule has 92 valence electrons. The summed E-state index contributed by atoms with van der Waals surface area (Å²) in [6.07, 6.45) is 1.82. The lowest BCUT2D eigenvalue weighted by molar-refractivity contribution is -0.117. The van der Waals surface area contributed by atoms with E-state index in [-0.39, 0.29) is 11.9 Å². The molecule has 4 nitrogen and oxygen atoms in total. The van der Waals surface area contributed by atoms with Crippen LogP contribution in [0.5, 0.6) is 5.75 Å². The summed E-state index contributed by atoms with van der Waals surface area (Å²) < 4.78 is 5.49. The third-order valence-corrected chi connectivity index (χ3v) is 2.80. The first-order valence-corrected chi connectivity index (χ1v) is 6.09. The van der Waals surface area contributed by atoms with Crippen LogP contribution in [0.25, 0.3) is 0 Å². The van der Waals surface area contributed by atoms with Gasteiger partial charge in [0.05, 0.1) is 12.3 Å². The van der Waals surface area contributed by atoms with E-state index in [4.69, 9.17) is 4.74 Å². The summed E-state index contributed by atoms with van der Waals surface area (Å²) >= 11 is 0. The number of hydrogen-bond donors (Lipinski definition) is 2. The van der Waals surface area contributed by atoms with E-state index in [9.17, 15) is 4.79 Å². The first-order chi connectivity index (χ1) is 8.26. The molecule has 2 N–H and O–H groups in total. The molecule has 1 aromatic rings. The second-order valence-corrected chi connectivity index (χ2v) is 4.09. The molecule has 0 aromatic heterocycles. The van der Waals surface area contributed by atoms with Gasteiger partial charge in [-0.05, 0) is 25.5 Å². The highest BCUT2D eigenvalue weighted by Gasteiger charge is 2.26. The van der Waals surface area contributed by atoms with Crippen molar-refractivity contribution in [3.8, 4) is 5.75 Å². The molecule has 0 aliphatic carbocycles. The summed E-state index contributed by atoms with van der Waals surface area (Å²) in [5, 5.41) is 6.18. The number of rotatable bonds is 4. The number of carbonyl (C=O) groups excluding carboxylic acids is 1. The van der Waals surface area contributed by atoms with Crippen LogP contribution in [0.15, 0.2) is 18.2 Å². The Balaban J connectivity index is 2.27. The quantitative estimate of drug-likeness (QED) is 0.842. The molecule has 0 fully saturated rings. The Hall–Kier alpha value is -1.71. The fraction of sp³-hybridized carbons (Fsp3) is 0.462. The number of para-hydroxylation sites is 1. The van der Waals surface area contributed by atoms with Gasteiger partial charge in [0.25, 0.3) is 0 Å². The zero-order valence-electron chi connectivity index (χ0n) is 10.2. The SMILES string of the molecule is CCCC1Nc2cccc(OCC)c2NC1=O. The van der Waals surface area contributed by atoms with Crippen LogP contribution < -0.4 is 15.4 Å². The monoisotopic (exact) mass is 234 g/mol. The standard InChI is InChI=1S/C13H18N2O2/c1-3-6-10-13(16)15-12-9(14-10)7-5-8-11(12)17-4-2/h5,7-8,10,14H,3-4,6H2,1-2H3,(H,15,16). The first-order valence-electron chi connectivity index (χ1n) is 6.09. The third kappa shape index (κ3) is 2.35. The zero-order valence-corrected chi connectivity index (χ0v) is 10.2. The number of nitrogens with one attached hydrogen (secondary N) is 2. The second kappa shape index (κ2) is 5.08. The minimum absolute atomic E-state index is 0.0199. The molecule has 0 spiro atoms. The van der Waals surface area contributed by atoms with Gasteiger partial charge in [0.15, 0.2) is 0 Å². The maximum absolute atomic E-state index is 11.9. The number of hydrogen-bond acceptors (Lipinski definition) is 3. The average molecular weight is 234 g/mol. The van der Waals surface area contributed by atoms with Crippen LogP contribution in [0, 0.1) is 0 Å². The Morgan fingerprint density at radius 3 is 2.88 bits per heavy atom. The fourth-order valence-electron chi connectivity index (χ4n) is 2.01. The lowest BCUT2D eigenvalue weighted by Gasteiger charge is -2.27. The average Bonchev–Trinajstić information content (AvgIpc) is 2.32. The Morgan fingerprint density at radius 1 is 1.35 bits per heavy atom. The molecule has 0 saturated carbocycles. The van der Waals surface area contributed by atoms with Gasteiger partial charge in [0, 0.05) is 0 Å². The molecule has 1 aromatic carbocycles. The number of carbonyl (C=O) groups is 1. The Labute approximate surface area is 101 Å². The number of amides is 1. The largest absolute Gasteiger partial charge is 0.492 e. The number of fused-ring (bicyclic) bond motifs is 1. The van der Waals surface area contributed by atoms with Crippen LogP contribution in [-0.2, 0) is 4.79 Å². The van der Waals surface area contributed by atoms with Crippen LogP contribution >= 0.6 is 0 Å². The molecule has 1 amide bonds. The number of benzene rings is 1. The lowest BCUT2D eigenvalue weighted by Crippen LogP contribution is -2.38. The van der Waals surface area contributed by atoms with Gasteiger partial charge < -0.3 is 15.4 Å². The first kappa shape index (κ1) is 11.8. The van der Waals surface area contributed by atoms with Crippen LogP contribution in [0.1, 0.15) is 26.7 Å². The van der Waals surface area contributed by atoms with Crippen LogP contribution in [0.4, 0.5) is 11.4 Å². The normalized spacial score (nSPS) is 18.0. The van der Waals surface area contributed by atoms with E-state index in [1.54, 1.807) is 0 Å². The smallest absolute Gasteiger partial charge is 0.247 e. The van der Waals surface area contributed by atoms with Gasteiger partial charge in [-0.1, -0.05) is 19.4 Å². The van der Waals surface area contributed by atoms with Gasteiger partial charge in [-0.15, -0.1) is 0 Å². The van der Waals surface area contributed by atoms with E-state index in [1.807, 2.05) is 25.1 Å². The molecule has 1 atom stereocenters. The van der Waals surface area contributed by atoms with Gasteiger partial charge in [0.2, 0.25) is 5.91 Å². The van der Waals surface area contributed by atoms with Crippen LogP contribution in [0.2, 0.25) is 0 Å². The molecule has 0 bridgehead atoms. The van der Waals surface area contributed by atoms with E-state index in [1.165, 1.54) is 0 Å². The molecule has 1 aliphatic rings. The van der Waals surface area contributed by atoms with Crippen molar-refractivity contribution in [2.24, 2.45) is 0 Å². The molecule has 1 aliphatic heterocycles. The van der Waals surface area contributed by atoms with E-state index in [0.717, 1.165) is 30.0 Å². The molecule has 1 unspecified atom stereocenters. The van der Waals surface area contributed by atoms with Gasteiger partial charge in [-0.25, -0.2) is 0 Å². The molecule has 4 heteroatoms. The fourth-order valence-corrected chi connectivity index (χ4v) is 2.01. The highest BCUT2D eigenvalue weighted by Crippen LogP contribution is 2.36. The second-order valence-electron chi connectivity index (χ2n) is 4.09. The molecular weight excluding hydrogens is 216 g/mol.